The van der Waals surface area contributed by atoms with Gasteiger partial charge in [0.25, 0.3) is 0 Å². The summed E-state index contributed by atoms with van der Waals surface area (Å²) in [4.78, 5) is 2.67. The maximum atomic E-state index is 4.37. The normalized spacial score (nSPS) is 11.7. The van der Waals surface area contributed by atoms with Gasteiger partial charge in [0.15, 0.2) is 0 Å². The van der Waals surface area contributed by atoms with Gasteiger partial charge in [-0.25, -0.2) is 0 Å². The van der Waals surface area contributed by atoms with E-state index < -0.39 is 8.07 Å². The van der Waals surface area contributed by atoms with Crippen LogP contribution in [0.4, 0.5) is 0 Å². The summed E-state index contributed by atoms with van der Waals surface area (Å²) in [7, 11) is -1.09. The number of hydrogen-bond donors (Lipinski definition) is 0. The van der Waals surface area contributed by atoms with E-state index in [0.29, 0.717) is 4.58 Å². The lowest BCUT2D eigenvalue weighted by Gasteiger charge is -2.22. The van der Waals surface area contributed by atoms with Gasteiger partial charge in [0.05, 0.1) is 4.58 Å². The Bertz CT molecular complexity index is 561. The van der Waals surface area contributed by atoms with E-state index in [9.17, 15) is 0 Å². The molecule has 0 bridgehead atoms. The number of thioether (sulfide) groups is 2. The Hall–Kier alpha value is -0.903. The minimum Gasteiger partial charge on any atom is -0.111 e. The van der Waals surface area contributed by atoms with Crippen LogP contribution < -0.4 is 0 Å². The van der Waals surface area contributed by atoms with E-state index in [1.165, 1.54) is 21.4 Å². The second-order valence-corrected chi connectivity index (χ2v) is 15.3. The zero-order valence-corrected chi connectivity index (χ0v) is 16.9. The van der Waals surface area contributed by atoms with Crippen molar-refractivity contribution in [3.63, 3.8) is 0 Å². The lowest BCUT2D eigenvalue weighted by molar-refractivity contribution is 1.06. The Balaban J connectivity index is 2.06. The number of rotatable bonds is 8. The van der Waals surface area contributed by atoms with Crippen molar-refractivity contribution in [2.24, 2.45) is 0 Å². The average molecular weight is 359 g/mol. The van der Waals surface area contributed by atoms with Crippen molar-refractivity contribution in [1.82, 2.24) is 0 Å². The van der Waals surface area contributed by atoms with Crippen LogP contribution in [0.15, 0.2) is 82.6 Å². The highest BCUT2D eigenvalue weighted by Crippen LogP contribution is 2.39. The van der Waals surface area contributed by atoms with Crippen LogP contribution in [-0.2, 0) is 0 Å². The summed E-state index contributed by atoms with van der Waals surface area (Å²) in [5.74, 6) is 0. The van der Waals surface area contributed by atoms with E-state index in [4.69, 9.17) is 0 Å². The van der Waals surface area contributed by atoms with Crippen molar-refractivity contribution in [2.75, 3.05) is 0 Å². The summed E-state index contributed by atoms with van der Waals surface area (Å²) in [6, 6.07) is 22.6. The maximum absolute atomic E-state index is 4.37. The first-order valence-electron chi connectivity index (χ1n) is 8.02. The third-order valence-corrected chi connectivity index (χ3v) is 7.34. The van der Waals surface area contributed by atoms with Gasteiger partial charge in [-0.15, -0.1) is 30.1 Å². The first kappa shape index (κ1) is 18.4. The van der Waals surface area contributed by atoms with Crippen molar-refractivity contribution in [2.45, 2.75) is 46.5 Å². The molecule has 0 aliphatic carbocycles. The van der Waals surface area contributed by atoms with Crippen molar-refractivity contribution in [3.8, 4) is 0 Å². The van der Waals surface area contributed by atoms with Gasteiger partial charge in [-0.05, 0) is 36.7 Å². The summed E-state index contributed by atoms with van der Waals surface area (Å²) in [6.07, 6.45) is 1.07. The zero-order chi connectivity index (χ0) is 16.7. The van der Waals surface area contributed by atoms with Gasteiger partial charge in [-0.1, -0.05) is 61.6 Å². The van der Waals surface area contributed by atoms with Gasteiger partial charge in [0.2, 0.25) is 0 Å². The SMILES string of the molecule is C=C(CC(Sc1ccccc1)Sc1ccccc1)C[Si](C)(C)C. The first-order chi connectivity index (χ1) is 10.9. The number of hydrogen-bond acceptors (Lipinski definition) is 2. The molecule has 0 aliphatic heterocycles. The highest BCUT2D eigenvalue weighted by molar-refractivity contribution is 8.17. The molecule has 0 amide bonds. The standard InChI is InChI=1S/C20H26S2Si/c1-17(16-23(2,3)4)15-20(21-18-11-7-5-8-12-18)22-19-13-9-6-10-14-19/h5-14,20H,1,15-16H2,2-4H3. The molecule has 3 heteroatoms. The van der Waals surface area contributed by atoms with Crippen LogP contribution in [0.2, 0.25) is 25.7 Å². The third-order valence-electron chi connectivity index (χ3n) is 3.26. The van der Waals surface area contributed by atoms with Crippen molar-refractivity contribution in [3.05, 3.63) is 72.8 Å². The van der Waals surface area contributed by atoms with Crippen LogP contribution in [0.3, 0.4) is 0 Å². The highest BCUT2D eigenvalue weighted by atomic mass is 32.2. The molecule has 0 saturated carbocycles. The zero-order valence-electron chi connectivity index (χ0n) is 14.3. The quantitative estimate of drug-likeness (QED) is 0.212. The predicted molar refractivity (Wildman–Crippen MR) is 110 cm³/mol. The summed E-state index contributed by atoms with van der Waals surface area (Å²) in [5, 5.41) is 0. The van der Waals surface area contributed by atoms with E-state index >= 15 is 0 Å². The summed E-state index contributed by atoms with van der Waals surface area (Å²) in [6.45, 7) is 11.6. The fourth-order valence-corrected chi connectivity index (χ4v) is 6.84. The van der Waals surface area contributed by atoms with Crippen LogP contribution in [0.25, 0.3) is 0 Å². The molecule has 0 aliphatic rings. The Kier molecular flexibility index (Phi) is 7.06. The monoisotopic (exact) mass is 358 g/mol. The molecule has 0 N–H and O–H groups in total. The number of allylic oxidation sites excluding steroid dienone is 1. The lowest BCUT2D eigenvalue weighted by atomic mass is 10.3. The van der Waals surface area contributed by atoms with Crippen LogP contribution in [0, 0.1) is 0 Å². The van der Waals surface area contributed by atoms with Crippen molar-refractivity contribution >= 4 is 31.6 Å². The third kappa shape index (κ3) is 7.47. The second kappa shape index (κ2) is 8.81. The van der Waals surface area contributed by atoms with Gasteiger partial charge >= 0.3 is 0 Å². The summed E-state index contributed by atoms with van der Waals surface area (Å²) < 4.78 is 0.476. The molecule has 0 aromatic heterocycles. The molecule has 23 heavy (non-hydrogen) atoms. The van der Waals surface area contributed by atoms with Crippen LogP contribution in [0.1, 0.15) is 6.42 Å². The first-order valence-corrected chi connectivity index (χ1v) is 13.5. The van der Waals surface area contributed by atoms with Crippen LogP contribution in [-0.4, -0.2) is 12.7 Å². The van der Waals surface area contributed by atoms with Gasteiger partial charge in [-0.3, -0.25) is 0 Å². The topological polar surface area (TPSA) is 0 Å². The molecule has 0 atom stereocenters. The average Bonchev–Trinajstić information content (AvgIpc) is 2.47. The molecule has 0 fully saturated rings. The molecular weight excluding hydrogens is 332 g/mol. The van der Waals surface area contributed by atoms with Crippen molar-refractivity contribution in [1.29, 1.82) is 0 Å². The highest BCUT2D eigenvalue weighted by Gasteiger charge is 2.19. The van der Waals surface area contributed by atoms with Gasteiger partial charge in [0, 0.05) is 17.9 Å². The molecular formula is C20H26S2Si. The van der Waals surface area contributed by atoms with E-state index in [1.54, 1.807) is 0 Å². The molecule has 0 saturated heterocycles. The molecule has 0 heterocycles. The lowest BCUT2D eigenvalue weighted by Crippen LogP contribution is -2.20. The predicted octanol–water partition coefficient (Wildman–Crippen LogP) is 7.18. The Morgan fingerprint density at radius 2 is 1.30 bits per heavy atom. The van der Waals surface area contributed by atoms with E-state index in [-0.39, 0.29) is 0 Å². The van der Waals surface area contributed by atoms with Gasteiger partial charge in [-0.2, -0.15) is 0 Å². The van der Waals surface area contributed by atoms with E-state index in [2.05, 4.69) is 86.9 Å². The molecule has 0 unspecified atom stereocenters. The minimum atomic E-state index is -1.09. The fraction of sp³-hybridized carbons (Fsp3) is 0.300. The van der Waals surface area contributed by atoms with Gasteiger partial charge < -0.3 is 0 Å². The minimum absolute atomic E-state index is 0.476. The Morgan fingerprint density at radius 3 is 1.70 bits per heavy atom. The second-order valence-electron chi connectivity index (χ2n) is 6.98. The van der Waals surface area contributed by atoms with Crippen LogP contribution in [0.5, 0.6) is 0 Å². The number of benzene rings is 2. The molecule has 2 aromatic rings. The summed E-state index contributed by atoms with van der Waals surface area (Å²) in [5.41, 5.74) is 1.40. The molecule has 2 aromatic carbocycles. The molecule has 0 spiro atoms. The van der Waals surface area contributed by atoms with Crippen LogP contribution >= 0.6 is 23.5 Å². The molecule has 0 nitrogen and oxygen atoms in total. The smallest absolute Gasteiger partial charge is 0.0633 e. The fourth-order valence-electron chi connectivity index (χ4n) is 2.47. The molecule has 122 valence electrons. The van der Waals surface area contributed by atoms with E-state index in [0.717, 1.165) is 6.42 Å². The van der Waals surface area contributed by atoms with Gasteiger partial charge in [0.1, 0.15) is 0 Å². The largest absolute Gasteiger partial charge is 0.111 e. The summed E-state index contributed by atoms with van der Waals surface area (Å²) >= 11 is 3.91. The Labute approximate surface area is 150 Å². The van der Waals surface area contributed by atoms with E-state index in [1.807, 2.05) is 23.5 Å². The molecule has 2 rings (SSSR count). The Morgan fingerprint density at radius 1 is 0.870 bits per heavy atom. The molecule has 0 radical (unpaired) electrons. The van der Waals surface area contributed by atoms with Crippen molar-refractivity contribution < 1.29 is 0 Å². The maximum Gasteiger partial charge on any atom is 0.0633 e.